The van der Waals surface area contributed by atoms with E-state index in [0.29, 0.717) is 29.1 Å². The topological polar surface area (TPSA) is 71.3 Å². The van der Waals surface area contributed by atoms with E-state index in [-0.39, 0.29) is 11.8 Å². The average molecular weight is 354 g/mol. The van der Waals surface area contributed by atoms with Crippen LogP contribution in [0.15, 0.2) is 28.8 Å². The highest BCUT2D eigenvalue weighted by Crippen LogP contribution is 2.29. The number of nitrogens with one attached hydrogen (secondary N) is 1. The lowest BCUT2D eigenvalue weighted by molar-refractivity contribution is 0.0759. The SMILES string of the molecule is CC(C)c1noc(-c2ccccc2C(=O)N2CC[C@@H]3CNC[C@@H]3CC2)n1. The zero-order valence-electron chi connectivity index (χ0n) is 15.4. The third-order valence-electron chi connectivity index (χ3n) is 5.65. The second-order valence-corrected chi connectivity index (χ2v) is 7.71. The van der Waals surface area contributed by atoms with Gasteiger partial charge in [-0.1, -0.05) is 31.1 Å². The fraction of sp³-hybridized carbons (Fsp3) is 0.550. The van der Waals surface area contributed by atoms with Gasteiger partial charge in [-0.2, -0.15) is 4.98 Å². The number of rotatable bonds is 3. The molecule has 4 rings (SSSR count). The lowest BCUT2D eigenvalue weighted by Gasteiger charge is -2.22. The Labute approximate surface area is 154 Å². The van der Waals surface area contributed by atoms with Crippen molar-refractivity contribution >= 4 is 5.91 Å². The minimum atomic E-state index is 0.0674. The van der Waals surface area contributed by atoms with Crippen molar-refractivity contribution in [3.8, 4) is 11.5 Å². The molecular formula is C20H26N4O2. The van der Waals surface area contributed by atoms with Gasteiger partial charge in [-0.05, 0) is 49.9 Å². The summed E-state index contributed by atoms with van der Waals surface area (Å²) in [5.74, 6) is 2.75. The highest BCUT2D eigenvalue weighted by atomic mass is 16.5. The van der Waals surface area contributed by atoms with E-state index in [1.165, 1.54) is 0 Å². The average Bonchev–Trinajstić information content (AvgIpc) is 3.27. The van der Waals surface area contributed by atoms with Crippen LogP contribution >= 0.6 is 0 Å². The molecule has 2 aromatic rings. The Hall–Kier alpha value is -2.21. The first-order chi connectivity index (χ1) is 12.6. The number of nitrogens with zero attached hydrogens (tertiary/aromatic N) is 3. The highest BCUT2D eigenvalue weighted by Gasteiger charge is 2.32. The van der Waals surface area contributed by atoms with Crippen LogP contribution in [0.1, 0.15) is 48.8 Å². The van der Waals surface area contributed by atoms with Crippen LogP contribution in [0.3, 0.4) is 0 Å². The van der Waals surface area contributed by atoms with Crippen LogP contribution in [0.2, 0.25) is 0 Å². The fourth-order valence-electron chi connectivity index (χ4n) is 4.03. The molecule has 0 radical (unpaired) electrons. The molecule has 0 bridgehead atoms. The number of likely N-dealkylation sites (tertiary alicyclic amines) is 1. The monoisotopic (exact) mass is 354 g/mol. The van der Waals surface area contributed by atoms with Gasteiger partial charge >= 0.3 is 0 Å². The molecule has 6 nitrogen and oxygen atoms in total. The van der Waals surface area contributed by atoms with Gasteiger partial charge in [0.1, 0.15) is 0 Å². The van der Waals surface area contributed by atoms with E-state index in [9.17, 15) is 4.79 Å². The van der Waals surface area contributed by atoms with Crippen molar-refractivity contribution in [3.05, 3.63) is 35.7 Å². The summed E-state index contributed by atoms with van der Waals surface area (Å²) in [5.41, 5.74) is 1.37. The first-order valence-electron chi connectivity index (χ1n) is 9.56. The highest BCUT2D eigenvalue weighted by molar-refractivity contribution is 6.00. The summed E-state index contributed by atoms with van der Waals surface area (Å²) in [6, 6.07) is 7.56. The molecule has 0 aliphatic carbocycles. The van der Waals surface area contributed by atoms with Crippen molar-refractivity contribution in [2.75, 3.05) is 26.2 Å². The molecule has 1 aromatic heterocycles. The van der Waals surface area contributed by atoms with E-state index in [4.69, 9.17) is 4.52 Å². The number of amides is 1. The third-order valence-corrected chi connectivity index (χ3v) is 5.65. The van der Waals surface area contributed by atoms with Crippen LogP contribution in [-0.4, -0.2) is 47.1 Å². The summed E-state index contributed by atoms with van der Waals surface area (Å²) in [5, 5.41) is 7.52. The summed E-state index contributed by atoms with van der Waals surface area (Å²) in [4.78, 5) is 19.7. The van der Waals surface area contributed by atoms with Crippen LogP contribution in [0.5, 0.6) is 0 Å². The molecule has 0 saturated carbocycles. The summed E-state index contributed by atoms with van der Waals surface area (Å²) < 4.78 is 5.44. The number of aromatic nitrogens is 2. The van der Waals surface area contributed by atoms with E-state index in [1.807, 2.05) is 43.0 Å². The van der Waals surface area contributed by atoms with Gasteiger partial charge in [-0.25, -0.2) is 0 Å². The number of fused-ring (bicyclic) bond motifs is 1. The normalized spacial score (nSPS) is 23.1. The molecular weight excluding hydrogens is 328 g/mol. The lowest BCUT2D eigenvalue weighted by atomic mass is 9.92. The zero-order chi connectivity index (χ0) is 18.1. The maximum Gasteiger partial charge on any atom is 0.258 e. The molecule has 2 atom stereocenters. The Kier molecular flexibility index (Phi) is 4.76. The van der Waals surface area contributed by atoms with Crippen molar-refractivity contribution < 1.29 is 9.32 Å². The second kappa shape index (κ2) is 7.19. The van der Waals surface area contributed by atoms with Gasteiger partial charge in [0.15, 0.2) is 5.82 Å². The van der Waals surface area contributed by atoms with Gasteiger partial charge in [-0.3, -0.25) is 4.79 Å². The van der Waals surface area contributed by atoms with Gasteiger partial charge in [-0.15, -0.1) is 0 Å². The molecule has 1 amide bonds. The molecule has 2 aliphatic rings. The quantitative estimate of drug-likeness (QED) is 0.918. The van der Waals surface area contributed by atoms with E-state index in [0.717, 1.165) is 44.6 Å². The van der Waals surface area contributed by atoms with Gasteiger partial charge in [0, 0.05) is 19.0 Å². The van der Waals surface area contributed by atoms with Crippen LogP contribution in [-0.2, 0) is 0 Å². The molecule has 2 saturated heterocycles. The summed E-state index contributed by atoms with van der Waals surface area (Å²) in [6.07, 6.45) is 2.15. The Morgan fingerprint density at radius 1 is 1.19 bits per heavy atom. The number of benzene rings is 1. The minimum absolute atomic E-state index is 0.0674. The van der Waals surface area contributed by atoms with E-state index in [2.05, 4.69) is 15.5 Å². The molecule has 138 valence electrons. The predicted molar refractivity (Wildman–Crippen MR) is 98.8 cm³/mol. The van der Waals surface area contributed by atoms with Gasteiger partial charge < -0.3 is 14.7 Å². The Bertz CT molecular complexity index is 772. The molecule has 6 heteroatoms. The smallest absolute Gasteiger partial charge is 0.258 e. The number of carbonyl (C=O) groups is 1. The fourth-order valence-corrected chi connectivity index (χ4v) is 4.03. The molecule has 2 fully saturated rings. The number of hydrogen-bond acceptors (Lipinski definition) is 5. The van der Waals surface area contributed by atoms with Crippen LogP contribution in [0.25, 0.3) is 11.5 Å². The van der Waals surface area contributed by atoms with E-state index < -0.39 is 0 Å². The Morgan fingerprint density at radius 3 is 2.54 bits per heavy atom. The lowest BCUT2D eigenvalue weighted by Crippen LogP contribution is -2.33. The zero-order valence-corrected chi connectivity index (χ0v) is 15.4. The molecule has 1 N–H and O–H groups in total. The van der Waals surface area contributed by atoms with E-state index in [1.54, 1.807) is 0 Å². The predicted octanol–water partition coefficient (Wildman–Crippen LogP) is 2.93. The maximum atomic E-state index is 13.2. The molecule has 1 aromatic carbocycles. The second-order valence-electron chi connectivity index (χ2n) is 7.71. The van der Waals surface area contributed by atoms with Crippen molar-refractivity contribution in [1.29, 1.82) is 0 Å². The van der Waals surface area contributed by atoms with Crippen molar-refractivity contribution in [3.63, 3.8) is 0 Å². The van der Waals surface area contributed by atoms with Crippen molar-refractivity contribution in [2.45, 2.75) is 32.6 Å². The molecule has 0 unspecified atom stereocenters. The summed E-state index contributed by atoms with van der Waals surface area (Å²) in [6.45, 7) is 7.85. The van der Waals surface area contributed by atoms with Crippen molar-refractivity contribution in [1.82, 2.24) is 20.4 Å². The Balaban J connectivity index is 1.58. The summed E-state index contributed by atoms with van der Waals surface area (Å²) >= 11 is 0. The van der Waals surface area contributed by atoms with Gasteiger partial charge in [0.2, 0.25) is 0 Å². The molecule has 0 spiro atoms. The van der Waals surface area contributed by atoms with Crippen molar-refractivity contribution in [2.24, 2.45) is 11.8 Å². The maximum absolute atomic E-state index is 13.2. The van der Waals surface area contributed by atoms with Crippen LogP contribution in [0.4, 0.5) is 0 Å². The number of hydrogen-bond donors (Lipinski definition) is 1. The number of carbonyl (C=O) groups excluding carboxylic acids is 1. The van der Waals surface area contributed by atoms with Crippen LogP contribution in [0, 0.1) is 11.8 Å². The molecule has 3 heterocycles. The largest absolute Gasteiger partial charge is 0.339 e. The van der Waals surface area contributed by atoms with E-state index >= 15 is 0 Å². The molecule has 26 heavy (non-hydrogen) atoms. The third kappa shape index (κ3) is 3.26. The Morgan fingerprint density at radius 2 is 1.88 bits per heavy atom. The van der Waals surface area contributed by atoms with Crippen LogP contribution < -0.4 is 5.32 Å². The standard InChI is InChI=1S/C20H26N4O2/c1-13(2)18-22-19(26-23-18)16-5-3-4-6-17(16)20(25)24-9-7-14-11-21-12-15(14)8-10-24/h3-6,13-15,21H,7-12H2,1-2H3/t14-,15+. The summed E-state index contributed by atoms with van der Waals surface area (Å²) in [7, 11) is 0. The molecule has 2 aliphatic heterocycles. The van der Waals surface area contributed by atoms with Gasteiger partial charge in [0.05, 0.1) is 11.1 Å². The van der Waals surface area contributed by atoms with Gasteiger partial charge in [0.25, 0.3) is 11.8 Å². The minimum Gasteiger partial charge on any atom is -0.339 e. The first-order valence-corrected chi connectivity index (χ1v) is 9.56. The first kappa shape index (κ1) is 17.2.